The molecule has 1 aliphatic heterocycles. The number of amides is 1. The number of carbonyl (C=O) groups excluding carboxylic acids is 1. The molecule has 1 amide bonds. The van der Waals surface area contributed by atoms with Crippen LogP contribution in [0.5, 0.6) is 0 Å². The number of benzene rings is 2. The number of hydrogen-bond donors (Lipinski definition) is 1. The zero-order valence-corrected chi connectivity index (χ0v) is 18.5. The van der Waals surface area contributed by atoms with Crippen LogP contribution in [-0.2, 0) is 6.54 Å². The van der Waals surface area contributed by atoms with E-state index >= 15 is 0 Å². The summed E-state index contributed by atoms with van der Waals surface area (Å²) >= 11 is 1.73. The molecule has 1 N–H and O–H groups in total. The van der Waals surface area contributed by atoms with Crippen LogP contribution in [0.15, 0.2) is 72.1 Å². The van der Waals surface area contributed by atoms with Gasteiger partial charge in [0.25, 0.3) is 5.91 Å². The third-order valence-corrected chi connectivity index (χ3v) is 6.77. The molecule has 4 rings (SSSR count). The second-order valence-electron chi connectivity index (χ2n) is 8.03. The molecule has 0 saturated carbocycles. The Morgan fingerprint density at radius 3 is 2.35 bits per heavy atom. The summed E-state index contributed by atoms with van der Waals surface area (Å²) in [5, 5.41) is 5.23. The third kappa shape index (κ3) is 5.58. The van der Waals surface area contributed by atoms with Crippen molar-refractivity contribution in [3.8, 4) is 0 Å². The number of piperazine rings is 1. The van der Waals surface area contributed by atoms with Gasteiger partial charge < -0.3 is 5.32 Å². The highest BCUT2D eigenvalue weighted by Gasteiger charge is 2.31. The maximum atomic E-state index is 13.2. The van der Waals surface area contributed by atoms with Crippen molar-refractivity contribution in [1.29, 1.82) is 0 Å². The summed E-state index contributed by atoms with van der Waals surface area (Å²) in [6, 6.07) is 20.5. The molecule has 0 radical (unpaired) electrons. The summed E-state index contributed by atoms with van der Waals surface area (Å²) in [6.07, 6.45) is 0. The van der Waals surface area contributed by atoms with Gasteiger partial charge in [0, 0.05) is 49.2 Å². The van der Waals surface area contributed by atoms with Crippen molar-refractivity contribution in [3.63, 3.8) is 0 Å². The van der Waals surface area contributed by atoms with E-state index in [0.29, 0.717) is 5.56 Å². The lowest BCUT2D eigenvalue weighted by Crippen LogP contribution is -2.52. The normalized spacial score (nSPS) is 17.2. The van der Waals surface area contributed by atoms with Crippen LogP contribution in [0, 0.1) is 5.82 Å². The van der Waals surface area contributed by atoms with Gasteiger partial charge in [-0.2, -0.15) is 0 Å². The standard InChI is InChI=1S/C25H28FN3OS/c1-19(27-25(30)21-9-11-22(26)12-10-21)24(23-8-5-17-31-23)29-15-13-28(14-16-29)18-20-6-3-2-4-7-20/h2-12,17,19,24H,13-16,18H2,1H3,(H,27,30)/t19-,24+/m1/s1. The molecule has 1 aromatic heterocycles. The van der Waals surface area contributed by atoms with Crippen LogP contribution >= 0.6 is 11.3 Å². The Morgan fingerprint density at radius 2 is 1.71 bits per heavy atom. The lowest BCUT2D eigenvalue weighted by Gasteiger charge is -2.41. The van der Waals surface area contributed by atoms with E-state index in [1.54, 1.807) is 11.3 Å². The molecule has 3 aromatic rings. The second-order valence-corrected chi connectivity index (χ2v) is 9.01. The van der Waals surface area contributed by atoms with E-state index in [-0.39, 0.29) is 23.8 Å². The average molecular weight is 438 g/mol. The number of carbonyl (C=O) groups is 1. The van der Waals surface area contributed by atoms with Gasteiger partial charge in [-0.25, -0.2) is 4.39 Å². The number of rotatable bonds is 7. The lowest BCUT2D eigenvalue weighted by atomic mass is 10.0. The van der Waals surface area contributed by atoms with Crippen molar-refractivity contribution in [3.05, 3.63) is 93.9 Å². The van der Waals surface area contributed by atoms with Gasteiger partial charge in [-0.1, -0.05) is 36.4 Å². The van der Waals surface area contributed by atoms with Gasteiger partial charge in [-0.05, 0) is 48.2 Å². The maximum Gasteiger partial charge on any atom is 0.251 e. The van der Waals surface area contributed by atoms with Crippen LogP contribution < -0.4 is 5.32 Å². The van der Waals surface area contributed by atoms with Gasteiger partial charge in [0.1, 0.15) is 5.82 Å². The number of hydrogen-bond acceptors (Lipinski definition) is 4. The molecule has 6 heteroatoms. The molecular weight excluding hydrogens is 409 g/mol. The highest BCUT2D eigenvalue weighted by atomic mass is 32.1. The van der Waals surface area contributed by atoms with Gasteiger partial charge >= 0.3 is 0 Å². The van der Waals surface area contributed by atoms with Crippen LogP contribution in [0.25, 0.3) is 0 Å². The Balaban J connectivity index is 1.41. The van der Waals surface area contributed by atoms with Crippen molar-refractivity contribution in [1.82, 2.24) is 15.1 Å². The fourth-order valence-corrected chi connectivity index (χ4v) is 5.18. The number of halogens is 1. The minimum atomic E-state index is -0.338. The van der Waals surface area contributed by atoms with Crippen molar-refractivity contribution < 1.29 is 9.18 Å². The van der Waals surface area contributed by atoms with E-state index < -0.39 is 0 Å². The maximum absolute atomic E-state index is 13.2. The minimum Gasteiger partial charge on any atom is -0.348 e. The fraction of sp³-hybridized carbons (Fsp3) is 0.320. The van der Waals surface area contributed by atoms with Gasteiger partial charge in [0.15, 0.2) is 0 Å². The Morgan fingerprint density at radius 1 is 1.00 bits per heavy atom. The van der Waals surface area contributed by atoms with Crippen molar-refractivity contribution in [2.24, 2.45) is 0 Å². The molecule has 0 aliphatic carbocycles. The predicted octanol–water partition coefficient (Wildman–Crippen LogP) is 4.56. The van der Waals surface area contributed by atoms with E-state index in [2.05, 4.69) is 69.9 Å². The number of thiophene rings is 1. The molecule has 2 heterocycles. The molecule has 1 saturated heterocycles. The number of nitrogens with zero attached hydrogens (tertiary/aromatic N) is 2. The first kappa shape index (κ1) is 21.7. The molecule has 0 spiro atoms. The SMILES string of the molecule is C[C@@H](NC(=O)c1ccc(F)cc1)[C@@H](c1cccs1)N1CCN(Cc2ccccc2)CC1. The van der Waals surface area contributed by atoms with E-state index in [0.717, 1.165) is 32.7 Å². The largest absolute Gasteiger partial charge is 0.348 e. The van der Waals surface area contributed by atoms with E-state index in [1.807, 2.05) is 0 Å². The van der Waals surface area contributed by atoms with Crippen molar-refractivity contribution in [2.75, 3.05) is 26.2 Å². The second kappa shape index (κ2) is 10.2. The smallest absolute Gasteiger partial charge is 0.251 e. The molecular formula is C25H28FN3OS. The van der Waals surface area contributed by atoms with Crippen LogP contribution in [0.2, 0.25) is 0 Å². The molecule has 2 aromatic carbocycles. The molecule has 4 nitrogen and oxygen atoms in total. The molecule has 1 aliphatic rings. The van der Waals surface area contributed by atoms with E-state index in [1.165, 1.54) is 34.7 Å². The fourth-order valence-electron chi connectivity index (χ4n) is 4.21. The first-order valence-corrected chi connectivity index (χ1v) is 11.6. The highest BCUT2D eigenvalue weighted by molar-refractivity contribution is 7.10. The summed E-state index contributed by atoms with van der Waals surface area (Å²) in [4.78, 5) is 18.9. The molecule has 1 fully saturated rings. The third-order valence-electron chi connectivity index (χ3n) is 5.82. The van der Waals surface area contributed by atoms with Gasteiger partial charge in [-0.15, -0.1) is 11.3 Å². The van der Waals surface area contributed by atoms with Crippen molar-refractivity contribution in [2.45, 2.75) is 25.6 Å². The predicted molar refractivity (Wildman–Crippen MR) is 124 cm³/mol. The Bertz CT molecular complexity index is 954. The van der Waals surface area contributed by atoms with Gasteiger partial charge in [0.05, 0.1) is 6.04 Å². The number of nitrogens with one attached hydrogen (secondary N) is 1. The quantitative estimate of drug-likeness (QED) is 0.588. The molecule has 0 bridgehead atoms. The zero-order valence-electron chi connectivity index (χ0n) is 17.7. The zero-order chi connectivity index (χ0) is 21.6. The van der Waals surface area contributed by atoms with Crippen LogP contribution in [0.3, 0.4) is 0 Å². The van der Waals surface area contributed by atoms with E-state index in [9.17, 15) is 9.18 Å². The first-order valence-electron chi connectivity index (χ1n) is 10.7. The lowest BCUT2D eigenvalue weighted by molar-refractivity contribution is 0.0714. The molecule has 162 valence electrons. The first-order chi connectivity index (χ1) is 15.1. The van der Waals surface area contributed by atoms with Crippen LogP contribution in [0.1, 0.15) is 33.8 Å². The van der Waals surface area contributed by atoms with Crippen LogP contribution in [-0.4, -0.2) is 47.9 Å². The van der Waals surface area contributed by atoms with Gasteiger partial charge in [0.2, 0.25) is 0 Å². The Labute approximate surface area is 187 Å². The summed E-state index contributed by atoms with van der Waals surface area (Å²) in [6.45, 7) is 6.92. The summed E-state index contributed by atoms with van der Waals surface area (Å²) in [7, 11) is 0. The Hall–Kier alpha value is -2.54. The molecule has 0 unspecified atom stereocenters. The highest BCUT2D eigenvalue weighted by Crippen LogP contribution is 2.29. The summed E-state index contributed by atoms with van der Waals surface area (Å²) in [5.74, 6) is -0.508. The Kier molecular flexibility index (Phi) is 7.12. The summed E-state index contributed by atoms with van der Waals surface area (Å²) < 4.78 is 13.2. The van der Waals surface area contributed by atoms with Gasteiger partial charge in [-0.3, -0.25) is 14.6 Å². The van der Waals surface area contributed by atoms with Crippen molar-refractivity contribution >= 4 is 17.2 Å². The topological polar surface area (TPSA) is 35.6 Å². The monoisotopic (exact) mass is 437 g/mol. The molecule has 2 atom stereocenters. The average Bonchev–Trinajstić information content (AvgIpc) is 3.30. The minimum absolute atomic E-state index is 0.0723. The summed E-state index contributed by atoms with van der Waals surface area (Å²) in [5.41, 5.74) is 1.82. The van der Waals surface area contributed by atoms with Crippen LogP contribution in [0.4, 0.5) is 4.39 Å². The molecule has 31 heavy (non-hydrogen) atoms. The van der Waals surface area contributed by atoms with E-state index in [4.69, 9.17) is 0 Å².